The second-order valence-electron chi connectivity index (χ2n) is 9.37. The van der Waals surface area contributed by atoms with Gasteiger partial charge in [0, 0.05) is 51.8 Å². The summed E-state index contributed by atoms with van der Waals surface area (Å²) in [4.78, 5) is 12.7. The van der Waals surface area contributed by atoms with E-state index in [-0.39, 0.29) is 0 Å². The van der Waals surface area contributed by atoms with Gasteiger partial charge in [0.2, 0.25) is 0 Å². The van der Waals surface area contributed by atoms with Crippen LogP contribution in [0.15, 0.2) is 91.4 Å². The zero-order chi connectivity index (χ0) is 29.7. The molecule has 3 nitrogen and oxygen atoms in total. The number of hydrogen-bond acceptors (Lipinski definition) is 3. The van der Waals surface area contributed by atoms with Crippen LogP contribution in [0.2, 0.25) is 0 Å². The topological polar surface area (TPSA) is 38.7 Å². The van der Waals surface area contributed by atoms with Gasteiger partial charge in [0.15, 0.2) is 0 Å². The highest BCUT2D eigenvalue weighted by molar-refractivity contribution is 5.86. The maximum atomic E-state index is 4.25. The molecular weight excluding hydrogens is 486 g/mol. The largest absolute Gasteiger partial charge is 0.261 e. The third-order valence-corrected chi connectivity index (χ3v) is 6.36. The lowest BCUT2D eigenvalue weighted by atomic mass is 10.1. The molecule has 3 aromatic carbocycles. The van der Waals surface area contributed by atoms with Crippen LogP contribution >= 0.6 is 0 Å². The molecule has 0 radical (unpaired) electrons. The Morgan fingerprint density at radius 2 is 0.625 bits per heavy atom. The Bertz CT molecular complexity index is 1450. The first-order valence-electron chi connectivity index (χ1n) is 14.3. The van der Waals surface area contributed by atoms with Crippen molar-refractivity contribution in [2.75, 3.05) is 0 Å². The zero-order valence-corrected chi connectivity index (χ0v) is 26.0. The fourth-order valence-corrected chi connectivity index (χ4v) is 4.29. The molecule has 3 heterocycles. The Morgan fingerprint density at radius 1 is 0.375 bits per heavy atom. The summed E-state index contributed by atoms with van der Waals surface area (Å²) in [6.07, 6.45) is 5.78. The van der Waals surface area contributed by atoms with Gasteiger partial charge in [-0.2, -0.15) is 0 Å². The number of benzene rings is 3. The lowest BCUT2D eigenvalue weighted by molar-refractivity contribution is 1.22. The van der Waals surface area contributed by atoms with Crippen molar-refractivity contribution >= 4 is 32.3 Å². The Balaban J connectivity index is 0.000000198. The molecule has 3 heteroatoms. The van der Waals surface area contributed by atoms with Gasteiger partial charge in [-0.3, -0.25) is 15.0 Å². The van der Waals surface area contributed by atoms with Gasteiger partial charge in [0.05, 0.1) is 0 Å². The molecule has 0 aliphatic carbocycles. The van der Waals surface area contributed by atoms with Crippen LogP contribution in [0.5, 0.6) is 0 Å². The summed E-state index contributed by atoms with van der Waals surface area (Å²) < 4.78 is 0. The zero-order valence-electron chi connectivity index (χ0n) is 26.0. The third-order valence-electron chi connectivity index (χ3n) is 6.36. The van der Waals surface area contributed by atoms with E-state index >= 15 is 0 Å². The Kier molecular flexibility index (Phi) is 12.9. The quantitative estimate of drug-likeness (QED) is 0.196. The average Bonchev–Trinajstić information content (AvgIpc) is 2.97. The van der Waals surface area contributed by atoms with E-state index in [1.54, 1.807) is 0 Å². The van der Waals surface area contributed by atoms with Crippen molar-refractivity contribution in [3.05, 3.63) is 125 Å². The molecule has 3 aromatic heterocycles. The maximum Gasteiger partial charge on any atom is 0.0379 e. The minimum Gasteiger partial charge on any atom is -0.261 e. The first-order chi connectivity index (χ1) is 19.3. The summed E-state index contributed by atoms with van der Waals surface area (Å²) >= 11 is 0. The molecule has 0 aliphatic heterocycles. The van der Waals surface area contributed by atoms with Crippen LogP contribution in [0.4, 0.5) is 0 Å². The molecule has 0 aliphatic rings. The number of nitrogens with zero attached hydrogens (tertiary/aromatic N) is 3. The standard InChI is InChI=1S/3C11H11N.2C2H6/c3*1-8-4-3-5-10-7-12-9(2)6-11(8)10;2*1-2/h3*3-7H,1-2H3;2*1-2H3. The summed E-state index contributed by atoms with van der Waals surface area (Å²) in [5, 5.41) is 7.60. The van der Waals surface area contributed by atoms with Crippen LogP contribution in [0.1, 0.15) is 61.5 Å². The number of rotatable bonds is 0. The highest BCUT2D eigenvalue weighted by atomic mass is 14.7. The minimum atomic E-state index is 1.08. The van der Waals surface area contributed by atoms with Crippen molar-refractivity contribution in [3.8, 4) is 0 Å². The van der Waals surface area contributed by atoms with Crippen LogP contribution in [-0.4, -0.2) is 15.0 Å². The van der Waals surface area contributed by atoms with Crippen LogP contribution in [0.25, 0.3) is 32.3 Å². The molecule has 0 bridgehead atoms. The number of aryl methyl sites for hydroxylation is 6. The van der Waals surface area contributed by atoms with E-state index < -0.39 is 0 Å². The van der Waals surface area contributed by atoms with E-state index in [0.29, 0.717) is 0 Å². The monoisotopic (exact) mass is 531 g/mol. The molecule has 0 unspecified atom stereocenters. The Hall–Kier alpha value is -4.11. The van der Waals surface area contributed by atoms with Crippen LogP contribution in [-0.2, 0) is 0 Å². The van der Waals surface area contributed by atoms with Gasteiger partial charge < -0.3 is 0 Å². The first-order valence-corrected chi connectivity index (χ1v) is 14.3. The lowest BCUT2D eigenvalue weighted by Crippen LogP contribution is -1.83. The van der Waals surface area contributed by atoms with Crippen molar-refractivity contribution in [1.82, 2.24) is 15.0 Å². The van der Waals surface area contributed by atoms with Gasteiger partial charge in [0.25, 0.3) is 0 Å². The van der Waals surface area contributed by atoms with Crippen molar-refractivity contribution in [2.24, 2.45) is 0 Å². The summed E-state index contributed by atoms with van der Waals surface area (Å²) in [5.41, 5.74) is 7.19. The number of fused-ring (bicyclic) bond motifs is 3. The molecular formula is C37H45N3. The van der Waals surface area contributed by atoms with Crippen LogP contribution in [0, 0.1) is 41.5 Å². The predicted octanol–water partition coefficient (Wildman–Crippen LogP) is 10.6. The summed E-state index contributed by atoms with van der Waals surface area (Å²) in [5.74, 6) is 0. The molecule has 0 N–H and O–H groups in total. The van der Waals surface area contributed by atoms with E-state index in [9.17, 15) is 0 Å². The fraction of sp³-hybridized carbons (Fsp3) is 0.270. The second kappa shape index (κ2) is 16.1. The molecule has 0 saturated carbocycles. The van der Waals surface area contributed by atoms with Gasteiger partial charge in [-0.05, 0) is 92.6 Å². The van der Waals surface area contributed by atoms with Gasteiger partial charge in [-0.1, -0.05) is 82.3 Å². The van der Waals surface area contributed by atoms with E-state index in [1.807, 2.05) is 67.1 Å². The van der Waals surface area contributed by atoms with Gasteiger partial charge in [-0.15, -0.1) is 0 Å². The van der Waals surface area contributed by atoms with Crippen molar-refractivity contribution in [1.29, 1.82) is 0 Å². The van der Waals surface area contributed by atoms with Crippen molar-refractivity contribution in [2.45, 2.75) is 69.2 Å². The van der Waals surface area contributed by atoms with Crippen molar-refractivity contribution in [3.63, 3.8) is 0 Å². The molecule has 6 rings (SSSR count). The molecule has 0 fully saturated rings. The van der Waals surface area contributed by atoms with Gasteiger partial charge in [-0.25, -0.2) is 0 Å². The maximum absolute atomic E-state index is 4.25. The molecule has 208 valence electrons. The van der Waals surface area contributed by atoms with E-state index in [1.165, 1.54) is 49.0 Å². The lowest BCUT2D eigenvalue weighted by Gasteiger charge is -2.01. The predicted molar refractivity (Wildman–Crippen MR) is 176 cm³/mol. The van der Waals surface area contributed by atoms with Crippen LogP contribution in [0.3, 0.4) is 0 Å². The Morgan fingerprint density at radius 3 is 0.875 bits per heavy atom. The SMILES string of the molecule is CC.CC.Cc1cc2c(C)cccc2cn1.Cc1cc2c(C)cccc2cn1.Cc1cc2c(C)cccc2cn1. The summed E-state index contributed by atoms with van der Waals surface area (Å²) in [6.45, 7) is 20.4. The second-order valence-corrected chi connectivity index (χ2v) is 9.37. The van der Waals surface area contributed by atoms with Crippen molar-refractivity contribution < 1.29 is 0 Å². The fourth-order valence-electron chi connectivity index (χ4n) is 4.29. The number of aromatic nitrogens is 3. The highest BCUT2D eigenvalue weighted by Crippen LogP contribution is 2.19. The summed E-state index contributed by atoms with van der Waals surface area (Å²) in [6, 6.07) is 25.2. The molecule has 0 saturated heterocycles. The number of pyridine rings is 3. The molecule has 40 heavy (non-hydrogen) atoms. The first kappa shape index (κ1) is 32.1. The molecule has 6 aromatic rings. The highest BCUT2D eigenvalue weighted by Gasteiger charge is 1.98. The van der Waals surface area contributed by atoms with E-state index in [4.69, 9.17) is 0 Å². The van der Waals surface area contributed by atoms with E-state index in [0.717, 1.165) is 17.1 Å². The molecule has 0 spiro atoms. The van der Waals surface area contributed by atoms with Crippen LogP contribution < -0.4 is 0 Å². The molecule has 0 atom stereocenters. The Labute approximate surface area is 241 Å². The molecule has 0 amide bonds. The van der Waals surface area contributed by atoms with E-state index in [2.05, 4.69) is 109 Å². The number of hydrogen-bond donors (Lipinski definition) is 0. The minimum absolute atomic E-state index is 1.08. The van der Waals surface area contributed by atoms with Gasteiger partial charge >= 0.3 is 0 Å². The average molecular weight is 532 g/mol. The normalized spacial score (nSPS) is 9.75. The smallest absolute Gasteiger partial charge is 0.0379 e. The van der Waals surface area contributed by atoms with Gasteiger partial charge in [0.1, 0.15) is 0 Å². The third kappa shape index (κ3) is 8.71. The summed E-state index contributed by atoms with van der Waals surface area (Å²) in [7, 11) is 0.